The number of likely N-dealkylation sites (tertiary alicyclic amines) is 1. The lowest BCUT2D eigenvalue weighted by atomic mass is 9.97. The fourth-order valence-electron chi connectivity index (χ4n) is 7.46. The largest absolute Gasteiger partial charge is 0.420 e. The van der Waals surface area contributed by atoms with E-state index in [-0.39, 0.29) is 57.2 Å². The van der Waals surface area contributed by atoms with Gasteiger partial charge in [-0.05, 0) is 44.9 Å². The first kappa shape index (κ1) is 66.4. The van der Waals surface area contributed by atoms with Crippen LogP contribution >= 0.6 is 11.3 Å². The predicted octanol–water partition coefficient (Wildman–Crippen LogP) is 4.34. The molecular formula is C50H75F4N5O17S2. The quantitative estimate of drug-likeness (QED) is 0.0159. The molecule has 2 amide bonds. The van der Waals surface area contributed by atoms with Crippen LogP contribution in [0, 0.1) is 29.2 Å². The van der Waals surface area contributed by atoms with Crippen LogP contribution in [0.5, 0.6) is 5.75 Å². The fraction of sp³-hybridized carbons (Fsp3) is 0.680. The Morgan fingerprint density at radius 1 is 0.756 bits per heavy atom. The number of thiophene rings is 1. The number of nitrogens with two attached hydrogens (primary N) is 1. The Morgan fingerprint density at radius 3 is 1.72 bits per heavy atom. The van der Waals surface area contributed by atoms with E-state index in [1.807, 2.05) is 26.0 Å². The van der Waals surface area contributed by atoms with E-state index in [0.29, 0.717) is 143 Å². The minimum Gasteiger partial charge on any atom is -0.420 e. The maximum absolute atomic E-state index is 14.0. The van der Waals surface area contributed by atoms with E-state index < -0.39 is 57.4 Å². The summed E-state index contributed by atoms with van der Waals surface area (Å²) >= 11 is -1.77. The number of ether oxygens (including phenoxy) is 11. The van der Waals surface area contributed by atoms with Crippen LogP contribution in [0.15, 0.2) is 21.5 Å². The third kappa shape index (κ3) is 25.1. The van der Waals surface area contributed by atoms with Crippen LogP contribution in [0.2, 0.25) is 0 Å². The van der Waals surface area contributed by atoms with Gasteiger partial charge in [0.2, 0.25) is 23.3 Å². The van der Waals surface area contributed by atoms with Crippen molar-refractivity contribution in [3.63, 3.8) is 0 Å². The molecule has 2 aromatic rings. The summed E-state index contributed by atoms with van der Waals surface area (Å²) < 4.78 is 134. The Kier molecular flexibility index (Phi) is 33.5. The fourth-order valence-corrected chi connectivity index (χ4v) is 9.05. The van der Waals surface area contributed by atoms with Crippen molar-refractivity contribution in [1.29, 1.82) is 0 Å². The third-order valence-electron chi connectivity index (χ3n) is 11.1. The van der Waals surface area contributed by atoms with Crippen LogP contribution in [-0.4, -0.2) is 207 Å². The van der Waals surface area contributed by atoms with Crippen molar-refractivity contribution in [3.8, 4) is 5.75 Å². The van der Waals surface area contributed by atoms with Gasteiger partial charge < -0.3 is 67.7 Å². The molecule has 1 aromatic heterocycles. The maximum atomic E-state index is 14.0. The molecule has 1 unspecified atom stereocenters. The number of amidine groups is 1. The molecule has 0 bridgehead atoms. The summed E-state index contributed by atoms with van der Waals surface area (Å²) in [4.78, 5) is 50.8. The molecule has 1 aromatic carbocycles. The van der Waals surface area contributed by atoms with Gasteiger partial charge >= 0.3 is 5.97 Å². The third-order valence-corrected chi connectivity index (χ3v) is 12.9. The zero-order valence-corrected chi connectivity index (χ0v) is 46.0. The second kappa shape index (κ2) is 39.3. The Hall–Kier alpha value is -4.11. The van der Waals surface area contributed by atoms with Crippen molar-refractivity contribution in [2.75, 3.05) is 165 Å². The van der Waals surface area contributed by atoms with E-state index in [0.717, 1.165) is 41.2 Å². The van der Waals surface area contributed by atoms with E-state index in [4.69, 9.17) is 62.5 Å². The first-order chi connectivity index (χ1) is 37.8. The zero-order valence-electron chi connectivity index (χ0n) is 44.4. The van der Waals surface area contributed by atoms with Gasteiger partial charge in [0.05, 0.1) is 162 Å². The van der Waals surface area contributed by atoms with Gasteiger partial charge in [-0.25, -0.2) is 23.0 Å². The van der Waals surface area contributed by atoms with Crippen molar-refractivity contribution < 1.29 is 97.7 Å². The number of rotatable bonds is 43. The Balaban J connectivity index is 0.849. The average Bonchev–Trinajstić information content (AvgIpc) is 3.74. The highest BCUT2D eigenvalue weighted by molar-refractivity contribution is 7.79. The summed E-state index contributed by atoms with van der Waals surface area (Å²) in [5, 5.41) is 4.42. The maximum Gasteiger partial charge on any atom is 0.313 e. The summed E-state index contributed by atoms with van der Waals surface area (Å²) in [5.41, 5.74) is 7.53. The van der Waals surface area contributed by atoms with Gasteiger partial charge in [-0.2, -0.15) is 8.78 Å². The van der Waals surface area contributed by atoms with Crippen molar-refractivity contribution in [2.45, 2.75) is 57.4 Å². The molecule has 28 heteroatoms. The number of nitrogens with zero attached hydrogens (tertiary/aromatic N) is 3. The SMILES string of the molecule is CCCN(OCC)C(=O)C1=Cc2sc(CN3CCC[C@@H](C(=O)NCCOCCOCCOCCOCCOCCOCCOCCOCCOCCOCCC(=O)Oc4c(F)c(F)c(S(=O)O)c(F)c4F)C3)cc2N=C(N)C1. The molecule has 2 aliphatic heterocycles. The van der Waals surface area contributed by atoms with Gasteiger partial charge in [0.15, 0.2) is 22.7 Å². The summed E-state index contributed by atoms with van der Waals surface area (Å²) in [6.45, 7) is 13.8. The number of hydroxylamine groups is 2. The second-order valence-corrected chi connectivity index (χ2v) is 19.2. The molecule has 4 rings (SSSR count). The minimum absolute atomic E-state index is 0.0222. The summed E-state index contributed by atoms with van der Waals surface area (Å²) in [6, 6.07) is 2.02. The zero-order chi connectivity index (χ0) is 56.3. The highest BCUT2D eigenvalue weighted by Crippen LogP contribution is 2.36. The molecule has 2 atom stereocenters. The number of piperidine rings is 1. The number of amides is 2. The van der Waals surface area contributed by atoms with Gasteiger partial charge in [-0.3, -0.25) is 24.1 Å². The number of esters is 1. The average molecular weight is 1160 g/mol. The van der Waals surface area contributed by atoms with Crippen molar-refractivity contribution in [2.24, 2.45) is 16.6 Å². The number of carbonyl (C=O) groups excluding carboxylic acids is 3. The highest BCUT2D eigenvalue weighted by Gasteiger charge is 2.31. The minimum atomic E-state index is -3.36. The summed E-state index contributed by atoms with van der Waals surface area (Å²) in [5.74, 6) is -11.4. The Bertz CT molecular complexity index is 2160. The number of carbonyl (C=O) groups is 3. The van der Waals surface area contributed by atoms with Gasteiger partial charge in [-0.15, -0.1) is 11.3 Å². The van der Waals surface area contributed by atoms with E-state index in [2.05, 4.69) is 19.9 Å². The topological polar surface area (TPSA) is 256 Å². The number of fused-ring (bicyclic) bond motifs is 1. The molecular weight excluding hydrogens is 1080 g/mol. The molecule has 0 spiro atoms. The molecule has 1 fully saturated rings. The van der Waals surface area contributed by atoms with Crippen LogP contribution in [-0.2, 0) is 84.2 Å². The van der Waals surface area contributed by atoms with Crippen LogP contribution in [0.1, 0.15) is 55.7 Å². The lowest BCUT2D eigenvalue weighted by Gasteiger charge is -2.31. The lowest BCUT2D eigenvalue weighted by Crippen LogP contribution is -2.43. The Labute approximate surface area is 458 Å². The molecule has 22 nitrogen and oxygen atoms in total. The van der Waals surface area contributed by atoms with Crippen molar-refractivity contribution >= 4 is 57.8 Å². The summed E-state index contributed by atoms with van der Waals surface area (Å²) in [7, 11) is 0. The number of halogens is 4. The molecule has 0 aliphatic carbocycles. The lowest BCUT2D eigenvalue weighted by molar-refractivity contribution is -0.180. The van der Waals surface area contributed by atoms with Crippen molar-refractivity contribution in [3.05, 3.63) is 44.7 Å². The molecule has 4 N–H and O–H groups in total. The first-order valence-corrected chi connectivity index (χ1v) is 27.8. The summed E-state index contributed by atoms with van der Waals surface area (Å²) in [6.07, 6.45) is 4.14. The molecule has 78 heavy (non-hydrogen) atoms. The van der Waals surface area contributed by atoms with Gasteiger partial charge in [-0.1, -0.05) is 6.92 Å². The van der Waals surface area contributed by atoms with E-state index in [1.165, 1.54) is 5.06 Å². The standard InChI is InChI=1S/C50H75F4N5O17S2/c1-3-9-59(75-4-2)50(62)37-31-40-39(57-41(55)32-37)33-38(77-40)35-58-10-5-6-36(34-58)49(61)56-8-12-66-14-16-68-18-20-70-22-24-72-26-28-74-30-29-73-27-25-71-23-21-69-19-17-67-15-13-65-11-7-42(60)76-47-43(51)45(53)48(78(63)64)46(54)44(47)52/h31,33,36H,3-30,32,34-35H2,1-2H3,(H2,55,57)(H,56,61)(H,63,64)/t36-/m1/s1. The monoisotopic (exact) mass is 1160 g/mol. The molecule has 2 aliphatic rings. The molecule has 3 heterocycles. The second-order valence-electron chi connectivity index (χ2n) is 17.1. The van der Waals surface area contributed by atoms with E-state index in [1.54, 1.807) is 11.3 Å². The van der Waals surface area contributed by atoms with Gasteiger partial charge in [0.1, 0.15) is 10.7 Å². The van der Waals surface area contributed by atoms with Crippen LogP contribution < -0.4 is 15.8 Å². The molecule has 442 valence electrons. The molecule has 0 radical (unpaired) electrons. The highest BCUT2D eigenvalue weighted by atomic mass is 32.2. The number of hydrogen-bond acceptors (Lipinski definition) is 20. The number of hydrogen-bond donors (Lipinski definition) is 3. The van der Waals surface area contributed by atoms with Crippen LogP contribution in [0.3, 0.4) is 0 Å². The normalized spacial score (nSPS) is 15.1. The van der Waals surface area contributed by atoms with Gasteiger partial charge in [0.25, 0.3) is 5.91 Å². The number of nitrogens with one attached hydrogen (secondary N) is 1. The predicted molar refractivity (Wildman–Crippen MR) is 277 cm³/mol. The van der Waals surface area contributed by atoms with E-state index >= 15 is 0 Å². The van der Waals surface area contributed by atoms with Crippen LogP contribution in [0.25, 0.3) is 6.08 Å². The Morgan fingerprint density at radius 2 is 1.24 bits per heavy atom. The number of benzene rings is 1. The van der Waals surface area contributed by atoms with E-state index in [9.17, 15) is 36.2 Å². The van der Waals surface area contributed by atoms with Crippen LogP contribution in [0.4, 0.5) is 23.2 Å². The van der Waals surface area contributed by atoms with Crippen molar-refractivity contribution in [1.82, 2.24) is 15.3 Å². The number of aliphatic imine (C=N–C) groups is 1. The molecule has 0 saturated carbocycles. The van der Waals surface area contributed by atoms with Gasteiger partial charge in [0, 0.05) is 43.1 Å². The first-order valence-electron chi connectivity index (χ1n) is 25.9. The molecule has 1 saturated heterocycles. The smallest absolute Gasteiger partial charge is 0.313 e.